The van der Waals surface area contributed by atoms with Crippen LogP contribution < -0.4 is 0 Å². The molecule has 1 aromatic rings. The normalized spacial score (nSPS) is 23.6. The second kappa shape index (κ2) is 3.46. The first-order valence-electron chi connectivity index (χ1n) is 4.14. The summed E-state index contributed by atoms with van der Waals surface area (Å²) in [5.41, 5.74) is 1.29. The summed E-state index contributed by atoms with van der Waals surface area (Å²) in [6.45, 7) is 0.867. The molecule has 0 saturated carbocycles. The van der Waals surface area contributed by atoms with Gasteiger partial charge in [0.05, 0.1) is 12.7 Å². The molecule has 0 amide bonds. The minimum absolute atomic E-state index is 0.366. The average molecular weight is 183 g/mol. The first-order chi connectivity index (χ1) is 5.92. The Hall–Kier alpha value is -0.530. The van der Waals surface area contributed by atoms with Crippen LogP contribution in [0.4, 0.5) is 0 Å². The van der Waals surface area contributed by atoms with Crippen molar-refractivity contribution in [1.29, 1.82) is 0 Å². The van der Waals surface area contributed by atoms with Crippen molar-refractivity contribution >= 4 is 11.6 Å². The fourth-order valence-corrected chi connectivity index (χ4v) is 1.77. The largest absolute Gasteiger partial charge is 0.372 e. The van der Waals surface area contributed by atoms with Gasteiger partial charge >= 0.3 is 0 Å². The molecule has 1 aliphatic rings. The van der Waals surface area contributed by atoms with Gasteiger partial charge in [-0.05, 0) is 5.56 Å². The van der Waals surface area contributed by atoms with E-state index >= 15 is 0 Å². The molecule has 1 aliphatic heterocycles. The summed E-state index contributed by atoms with van der Waals surface area (Å²) in [7, 11) is 0. The number of hydrogen-bond donors (Lipinski definition) is 0. The van der Waals surface area contributed by atoms with Gasteiger partial charge < -0.3 is 4.74 Å². The van der Waals surface area contributed by atoms with Gasteiger partial charge in [0, 0.05) is 11.8 Å². The number of ether oxygens (including phenoxy) is 1. The van der Waals surface area contributed by atoms with E-state index < -0.39 is 0 Å². The molecule has 64 valence electrons. The first-order valence-corrected chi connectivity index (χ1v) is 4.68. The van der Waals surface area contributed by atoms with Gasteiger partial charge in [-0.1, -0.05) is 30.3 Å². The second-order valence-corrected chi connectivity index (χ2v) is 3.35. The second-order valence-electron chi connectivity index (χ2n) is 3.04. The molecule has 0 radical (unpaired) electrons. The van der Waals surface area contributed by atoms with Crippen LogP contribution in [0.1, 0.15) is 11.5 Å². The molecule has 0 N–H and O–H groups in total. The van der Waals surface area contributed by atoms with Crippen LogP contribution in [0, 0.1) is 0 Å². The highest BCUT2D eigenvalue weighted by Crippen LogP contribution is 2.30. The molecule has 0 spiro atoms. The molecular weight excluding hydrogens is 172 g/mol. The minimum atomic E-state index is 0.366. The highest BCUT2D eigenvalue weighted by atomic mass is 35.5. The highest BCUT2D eigenvalue weighted by molar-refractivity contribution is 6.18. The number of alkyl halides is 1. The van der Waals surface area contributed by atoms with E-state index in [1.54, 1.807) is 0 Å². The lowest BCUT2D eigenvalue weighted by Gasteiger charge is -2.09. The molecule has 1 nitrogen and oxygen atoms in total. The number of hydrogen-bond acceptors (Lipinski definition) is 1. The zero-order valence-electron chi connectivity index (χ0n) is 6.74. The quantitative estimate of drug-likeness (QED) is 0.517. The third kappa shape index (κ3) is 1.62. The van der Waals surface area contributed by atoms with Gasteiger partial charge in [0.2, 0.25) is 0 Å². The summed E-state index contributed by atoms with van der Waals surface area (Å²) < 4.78 is 5.23. The standard InChI is InChI=1S/C10H11ClO/c11-6-9(10-7-12-10)8-4-2-1-3-5-8/h1-5,9-10H,6-7H2. The molecule has 2 atom stereocenters. The maximum absolute atomic E-state index is 5.86. The molecule has 12 heavy (non-hydrogen) atoms. The lowest BCUT2D eigenvalue weighted by Crippen LogP contribution is -2.07. The van der Waals surface area contributed by atoms with Gasteiger partial charge in [0.15, 0.2) is 0 Å². The fraction of sp³-hybridized carbons (Fsp3) is 0.400. The van der Waals surface area contributed by atoms with E-state index in [0.29, 0.717) is 17.9 Å². The van der Waals surface area contributed by atoms with Crippen LogP contribution in [0.2, 0.25) is 0 Å². The van der Waals surface area contributed by atoms with E-state index in [1.807, 2.05) is 18.2 Å². The maximum Gasteiger partial charge on any atom is 0.0889 e. The molecule has 1 saturated heterocycles. The van der Waals surface area contributed by atoms with Crippen LogP contribution >= 0.6 is 11.6 Å². The van der Waals surface area contributed by atoms with E-state index in [9.17, 15) is 0 Å². The molecule has 1 aromatic carbocycles. The monoisotopic (exact) mass is 182 g/mol. The Kier molecular flexibility index (Phi) is 2.33. The highest BCUT2D eigenvalue weighted by Gasteiger charge is 2.32. The van der Waals surface area contributed by atoms with Crippen molar-refractivity contribution in [2.24, 2.45) is 0 Å². The van der Waals surface area contributed by atoms with E-state index in [4.69, 9.17) is 16.3 Å². The van der Waals surface area contributed by atoms with Crippen LogP contribution in [0.15, 0.2) is 30.3 Å². The smallest absolute Gasteiger partial charge is 0.0889 e. The van der Waals surface area contributed by atoms with Crippen LogP contribution in [0.25, 0.3) is 0 Å². The van der Waals surface area contributed by atoms with Gasteiger partial charge in [0.1, 0.15) is 0 Å². The van der Waals surface area contributed by atoms with Crippen molar-refractivity contribution in [1.82, 2.24) is 0 Å². The minimum Gasteiger partial charge on any atom is -0.372 e. The van der Waals surface area contributed by atoms with Crippen molar-refractivity contribution in [2.75, 3.05) is 12.5 Å². The maximum atomic E-state index is 5.86. The van der Waals surface area contributed by atoms with Gasteiger partial charge in [-0.2, -0.15) is 0 Å². The molecule has 1 fully saturated rings. The lowest BCUT2D eigenvalue weighted by atomic mass is 9.98. The van der Waals surface area contributed by atoms with E-state index in [1.165, 1.54) is 5.56 Å². The SMILES string of the molecule is ClCC(c1ccccc1)C1CO1. The van der Waals surface area contributed by atoms with Crippen molar-refractivity contribution in [2.45, 2.75) is 12.0 Å². The number of benzene rings is 1. The van der Waals surface area contributed by atoms with E-state index in [0.717, 1.165) is 6.61 Å². The predicted molar refractivity (Wildman–Crippen MR) is 49.6 cm³/mol. The Morgan fingerprint density at radius 2 is 2.08 bits per heavy atom. The summed E-state index contributed by atoms with van der Waals surface area (Å²) in [5.74, 6) is 1.03. The molecule has 2 rings (SSSR count). The summed E-state index contributed by atoms with van der Waals surface area (Å²) >= 11 is 5.86. The topological polar surface area (TPSA) is 12.5 Å². The summed E-state index contributed by atoms with van der Waals surface area (Å²) in [5, 5.41) is 0. The molecular formula is C10H11ClO. The van der Waals surface area contributed by atoms with Gasteiger partial charge in [-0.25, -0.2) is 0 Å². The number of epoxide rings is 1. The van der Waals surface area contributed by atoms with Gasteiger partial charge in [0.25, 0.3) is 0 Å². The molecule has 1 heterocycles. The average Bonchev–Trinajstić information content (AvgIpc) is 2.92. The Bertz CT molecular complexity index is 243. The summed E-state index contributed by atoms with van der Waals surface area (Å²) in [6.07, 6.45) is 0.366. The molecule has 0 aromatic heterocycles. The Morgan fingerprint density at radius 3 is 2.58 bits per heavy atom. The first kappa shape index (κ1) is 8.09. The van der Waals surface area contributed by atoms with Crippen LogP contribution in [0.3, 0.4) is 0 Å². The Labute approximate surface area is 77.3 Å². The number of halogens is 1. The molecule has 0 bridgehead atoms. The molecule has 2 unspecified atom stereocenters. The summed E-state index contributed by atoms with van der Waals surface area (Å²) in [4.78, 5) is 0. The van der Waals surface area contributed by atoms with Crippen molar-refractivity contribution in [3.63, 3.8) is 0 Å². The van der Waals surface area contributed by atoms with Crippen molar-refractivity contribution in [3.8, 4) is 0 Å². The van der Waals surface area contributed by atoms with Crippen LogP contribution in [0.5, 0.6) is 0 Å². The Balaban J connectivity index is 2.15. The third-order valence-electron chi connectivity index (χ3n) is 2.20. The zero-order chi connectivity index (χ0) is 8.39. The Morgan fingerprint density at radius 1 is 1.42 bits per heavy atom. The predicted octanol–water partition coefficient (Wildman–Crippen LogP) is 2.41. The number of rotatable bonds is 3. The van der Waals surface area contributed by atoms with E-state index in [-0.39, 0.29) is 0 Å². The summed E-state index contributed by atoms with van der Waals surface area (Å²) in [6, 6.07) is 10.3. The van der Waals surface area contributed by atoms with E-state index in [2.05, 4.69) is 12.1 Å². The van der Waals surface area contributed by atoms with Crippen LogP contribution in [-0.4, -0.2) is 18.6 Å². The molecule has 2 heteroatoms. The third-order valence-corrected chi connectivity index (χ3v) is 2.53. The van der Waals surface area contributed by atoms with Gasteiger partial charge in [-0.3, -0.25) is 0 Å². The van der Waals surface area contributed by atoms with Gasteiger partial charge in [-0.15, -0.1) is 11.6 Å². The van der Waals surface area contributed by atoms with Crippen LogP contribution in [-0.2, 0) is 4.74 Å². The zero-order valence-corrected chi connectivity index (χ0v) is 7.50. The lowest BCUT2D eigenvalue weighted by molar-refractivity contribution is 0.383. The van der Waals surface area contributed by atoms with Crippen molar-refractivity contribution < 1.29 is 4.74 Å². The molecule has 0 aliphatic carbocycles. The van der Waals surface area contributed by atoms with Crippen molar-refractivity contribution in [3.05, 3.63) is 35.9 Å². The fourth-order valence-electron chi connectivity index (χ4n) is 1.39.